The maximum Gasteiger partial charge on any atom is 0.330 e. The maximum atomic E-state index is 12.8. The fourth-order valence-corrected chi connectivity index (χ4v) is 3.00. The van der Waals surface area contributed by atoms with Gasteiger partial charge in [-0.2, -0.15) is 0 Å². The van der Waals surface area contributed by atoms with E-state index in [1.165, 1.54) is 7.11 Å². The molecule has 0 aromatic heterocycles. The van der Waals surface area contributed by atoms with Gasteiger partial charge in [0.25, 0.3) is 5.91 Å². The Kier molecular flexibility index (Phi) is 5.38. The Bertz CT molecular complexity index is 995. The number of aliphatic hydroxyl groups is 1. The van der Waals surface area contributed by atoms with E-state index in [1.54, 1.807) is 18.2 Å². The molecule has 0 heterocycles. The van der Waals surface area contributed by atoms with E-state index in [9.17, 15) is 14.7 Å². The number of anilines is 1. The normalized spacial score (nSPS) is 11.8. The highest BCUT2D eigenvalue weighted by atomic mass is 16.5. The largest absolute Gasteiger partial charge is 0.467 e. The van der Waals surface area contributed by atoms with Gasteiger partial charge in [-0.25, -0.2) is 4.79 Å². The molecular formula is C21H20N2O4. The Balaban J connectivity index is 2.08. The van der Waals surface area contributed by atoms with Gasteiger partial charge in [0.15, 0.2) is 6.04 Å². The van der Waals surface area contributed by atoms with Crippen LogP contribution in [0.15, 0.2) is 60.7 Å². The van der Waals surface area contributed by atoms with Crippen LogP contribution in [0, 0.1) is 0 Å². The second-order valence-electron chi connectivity index (χ2n) is 6.06. The lowest BCUT2D eigenvalue weighted by Gasteiger charge is -2.17. The summed E-state index contributed by atoms with van der Waals surface area (Å²) in [4.78, 5) is 24.5. The van der Waals surface area contributed by atoms with Crippen molar-refractivity contribution in [2.75, 3.05) is 19.5 Å². The third kappa shape index (κ3) is 3.75. The number of esters is 1. The lowest BCUT2D eigenvalue weighted by molar-refractivity contribution is -0.143. The number of aliphatic hydroxyl groups excluding tert-OH is 1. The van der Waals surface area contributed by atoms with E-state index in [4.69, 9.17) is 5.73 Å². The number of benzene rings is 3. The minimum Gasteiger partial charge on any atom is -0.467 e. The predicted molar refractivity (Wildman–Crippen MR) is 104 cm³/mol. The fraction of sp³-hybridized carbons (Fsp3) is 0.143. The van der Waals surface area contributed by atoms with E-state index in [0.717, 1.165) is 16.3 Å². The molecule has 3 aromatic carbocycles. The highest BCUT2D eigenvalue weighted by Crippen LogP contribution is 2.32. The van der Waals surface area contributed by atoms with Crippen molar-refractivity contribution in [3.8, 4) is 11.1 Å². The van der Waals surface area contributed by atoms with Crippen molar-refractivity contribution >= 4 is 28.3 Å². The van der Waals surface area contributed by atoms with Gasteiger partial charge in [0, 0.05) is 11.3 Å². The molecule has 1 amide bonds. The molecule has 0 fully saturated rings. The first kappa shape index (κ1) is 18.4. The topological polar surface area (TPSA) is 102 Å². The summed E-state index contributed by atoms with van der Waals surface area (Å²) in [5.74, 6) is -1.21. The van der Waals surface area contributed by atoms with Crippen LogP contribution < -0.4 is 11.1 Å². The fourth-order valence-electron chi connectivity index (χ4n) is 3.00. The van der Waals surface area contributed by atoms with Gasteiger partial charge in [0.05, 0.1) is 13.7 Å². The Morgan fingerprint density at radius 1 is 1.07 bits per heavy atom. The first-order chi connectivity index (χ1) is 13.0. The van der Waals surface area contributed by atoms with Gasteiger partial charge < -0.3 is 20.9 Å². The summed E-state index contributed by atoms with van der Waals surface area (Å²) < 4.78 is 4.60. The number of hydrogen-bond acceptors (Lipinski definition) is 5. The summed E-state index contributed by atoms with van der Waals surface area (Å²) in [6.45, 7) is -0.559. The summed E-state index contributed by atoms with van der Waals surface area (Å²) in [7, 11) is 1.20. The SMILES string of the molecule is COC(=O)[C@H](CO)NC(=O)c1ccc(N)cc1-c1cccc2ccccc12. The van der Waals surface area contributed by atoms with Crippen LogP contribution >= 0.6 is 0 Å². The molecule has 0 spiro atoms. The monoisotopic (exact) mass is 364 g/mol. The molecule has 3 aromatic rings. The summed E-state index contributed by atoms with van der Waals surface area (Å²) in [6, 6.07) is 17.5. The minimum atomic E-state index is -1.14. The van der Waals surface area contributed by atoms with Gasteiger partial charge in [0.2, 0.25) is 0 Å². The molecule has 27 heavy (non-hydrogen) atoms. The molecule has 6 nitrogen and oxygen atoms in total. The number of fused-ring (bicyclic) bond motifs is 1. The molecule has 0 aliphatic carbocycles. The van der Waals surface area contributed by atoms with Crippen molar-refractivity contribution in [2.24, 2.45) is 0 Å². The quantitative estimate of drug-likeness (QED) is 0.476. The number of nitrogens with two attached hydrogens (primary N) is 1. The zero-order valence-electron chi connectivity index (χ0n) is 14.8. The molecule has 138 valence electrons. The molecule has 0 unspecified atom stereocenters. The van der Waals surface area contributed by atoms with Gasteiger partial charge >= 0.3 is 5.97 Å². The van der Waals surface area contributed by atoms with Crippen molar-refractivity contribution < 1.29 is 19.4 Å². The van der Waals surface area contributed by atoms with Gasteiger partial charge in [-0.1, -0.05) is 42.5 Å². The number of methoxy groups -OCH3 is 1. The van der Waals surface area contributed by atoms with Crippen LogP contribution in [0.25, 0.3) is 21.9 Å². The van der Waals surface area contributed by atoms with E-state index < -0.39 is 24.5 Å². The van der Waals surface area contributed by atoms with Crippen LogP contribution in [0.1, 0.15) is 10.4 Å². The van der Waals surface area contributed by atoms with E-state index in [-0.39, 0.29) is 0 Å². The zero-order valence-corrected chi connectivity index (χ0v) is 14.8. The molecule has 4 N–H and O–H groups in total. The van der Waals surface area contributed by atoms with Gasteiger partial charge in [-0.15, -0.1) is 0 Å². The van der Waals surface area contributed by atoms with Crippen LogP contribution in [0.4, 0.5) is 5.69 Å². The number of nitrogens with one attached hydrogen (secondary N) is 1. The second-order valence-corrected chi connectivity index (χ2v) is 6.06. The van der Waals surface area contributed by atoms with E-state index in [1.807, 2.05) is 42.5 Å². The van der Waals surface area contributed by atoms with Crippen molar-refractivity contribution in [3.63, 3.8) is 0 Å². The molecule has 1 atom stereocenters. The lowest BCUT2D eigenvalue weighted by Crippen LogP contribution is -2.44. The summed E-state index contributed by atoms with van der Waals surface area (Å²) in [6.07, 6.45) is 0. The number of rotatable bonds is 5. The zero-order chi connectivity index (χ0) is 19.4. The first-order valence-electron chi connectivity index (χ1n) is 8.42. The van der Waals surface area contributed by atoms with Crippen molar-refractivity contribution in [3.05, 3.63) is 66.2 Å². The molecule has 0 saturated carbocycles. The Hall–Kier alpha value is -3.38. The number of carbonyl (C=O) groups excluding carboxylic acids is 2. The highest BCUT2D eigenvalue weighted by Gasteiger charge is 2.23. The number of carbonyl (C=O) groups is 2. The van der Waals surface area contributed by atoms with Gasteiger partial charge in [-0.3, -0.25) is 4.79 Å². The maximum absolute atomic E-state index is 12.8. The van der Waals surface area contributed by atoms with Crippen molar-refractivity contribution in [1.82, 2.24) is 5.32 Å². The Morgan fingerprint density at radius 3 is 2.56 bits per heavy atom. The highest BCUT2D eigenvalue weighted by molar-refractivity contribution is 6.07. The molecular weight excluding hydrogens is 344 g/mol. The van der Waals surface area contributed by atoms with Crippen LogP contribution in [0.5, 0.6) is 0 Å². The molecule has 3 rings (SSSR count). The third-order valence-electron chi connectivity index (χ3n) is 4.34. The summed E-state index contributed by atoms with van der Waals surface area (Å²) in [5, 5.41) is 13.9. The first-order valence-corrected chi connectivity index (χ1v) is 8.42. The Morgan fingerprint density at radius 2 is 1.81 bits per heavy atom. The second kappa shape index (κ2) is 7.88. The molecule has 0 radical (unpaired) electrons. The molecule has 0 aliphatic heterocycles. The number of hydrogen-bond donors (Lipinski definition) is 3. The lowest BCUT2D eigenvalue weighted by atomic mass is 9.93. The van der Waals surface area contributed by atoms with Crippen LogP contribution in [0.3, 0.4) is 0 Å². The van der Waals surface area contributed by atoms with E-state index in [2.05, 4.69) is 10.1 Å². The number of amides is 1. The number of nitrogen functional groups attached to an aromatic ring is 1. The van der Waals surface area contributed by atoms with Crippen LogP contribution in [0.2, 0.25) is 0 Å². The van der Waals surface area contributed by atoms with E-state index in [0.29, 0.717) is 16.8 Å². The molecule has 0 saturated heterocycles. The molecule has 0 bridgehead atoms. The molecule has 0 aliphatic rings. The molecule has 6 heteroatoms. The summed E-state index contributed by atoms with van der Waals surface area (Å²) >= 11 is 0. The smallest absolute Gasteiger partial charge is 0.330 e. The summed E-state index contributed by atoms with van der Waals surface area (Å²) in [5.41, 5.74) is 8.32. The predicted octanol–water partition coefficient (Wildman–Crippen LogP) is 2.35. The minimum absolute atomic E-state index is 0.350. The van der Waals surface area contributed by atoms with Crippen LogP contribution in [-0.4, -0.2) is 36.7 Å². The Labute approximate surface area is 156 Å². The van der Waals surface area contributed by atoms with Crippen LogP contribution in [-0.2, 0) is 9.53 Å². The van der Waals surface area contributed by atoms with E-state index >= 15 is 0 Å². The van der Waals surface area contributed by atoms with Crippen molar-refractivity contribution in [1.29, 1.82) is 0 Å². The standard InChI is InChI=1S/C21H20N2O4/c1-27-21(26)19(12-24)23-20(25)17-10-9-14(22)11-18(17)16-8-4-6-13-5-2-3-7-15(13)16/h2-11,19,24H,12,22H2,1H3,(H,23,25)/t19-/m0/s1. The average molecular weight is 364 g/mol. The van der Waals surface area contributed by atoms with Gasteiger partial charge in [0.1, 0.15) is 0 Å². The number of ether oxygens (including phenoxy) is 1. The van der Waals surface area contributed by atoms with Crippen molar-refractivity contribution in [2.45, 2.75) is 6.04 Å². The average Bonchev–Trinajstić information content (AvgIpc) is 2.70. The van der Waals surface area contributed by atoms with Gasteiger partial charge in [-0.05, 0) is 40.1 Å². The third-order valence-corrected chi connectivity index (χ3v) is 4.34.